The van der Waals surface area contributed by atoms with Crippen molar-refractivity contribution in [3.63, 3.8) is 0 Å². The Morgan fingerprint density at radius 1 is 1.11 bits per heavy atom. The molecule has 8 heteroatoms. The third kappa shape index (κ3) is 6.94. The van der Waals surface area contributed by atoms with E-state index in [0.717, 1.165) is 28.8 Å². The molecule has 3 aromatic rings. The Morgan fingerprint density at radius 2 is 1.94 bits per heavy atom. The van der Waals surface area contributed by atoms with E-state index in [9.17, 15) is 14.9 Å². The smallest absolute Gasteiger partial charge is 0.322 e. The van der Waals surface area contributed by atoms with Crippen molar-refractivity contribution in [2.24, 2.45) is 0 Å². The summed E-state index contributed by atoms with van der Waals surface area (Å²) in [5, 5.41) is 14.1. The van der Waals surface area contributed by atoms with Crippen molar-refractivity contribution < 1.29 is 14.3 Å². The van der Waals surface area contributed by atoms with E-state index >= 15 is 0 Å². The highest BCUT2D eigenvalue weighted by Gasteiger charge is 2.27. The number of ether oxygens (including phenoxy) is 1. The Bertz CT molecular complexity index is 1210. The molecule has 2 heterocycles. The number of hydrogen-bond donors (Lipinski definition) is 1. The Balaban J connectivity index is 1.52. The van der Waals surface area contributed by atoms with E-state index in [4.69, 9.17) is 4.74 Å². The van der Waals surface area contributed by atoms with E-state index in [1.54, 1.807) is 40.5 Å². The number of amides is 3. The zero-order chi connectivity index (χ0) is 25.3. The Hall–Kier alpha value is -3.67. The van der Waals surface area contributed by atoms with Crippen LogP contribution in [-0.4, -0.2) is 47.5 Å². The highest BCUT2D eigenvalue weighted by atomic mass is 32.1. The molecule has 0 bridgehead atoms. The summed E-state index contributed by atoms with van der Waals surface area (Å²) in [6.45, 7) is 3.90. The number of urea groups is 1. The van der Waals surface area contributed by atoms with E-state index < -0.39 is 0 Å². The van der Waals surface area contributed by atoms with Crippen LogP contribution in [0.1, 0.15) is 34.4 Å². The summed E-state index contributed by atoms with van der Waals surface area (Å²) in [4.78, 5) is 31.4. The van der Waals surface area contributed by atoms with Crippen LogP contribution in [0.3, 0.4) is 0 Å². The van der Waals surface area contributed by atoms with Crippen LogP contribution >= 0.6 is 11.3 Å². The normalized spacial score (nSPS) is 14.7. The van der Waals surface area contributed by atoms with Crippen LogP contribution in [0.15, 0.2) is 66.0 Å². The van der Waals surface area contributed by atoms with Gasteiger partial charge in [0, 0.05) is 30.3 Å². The number of carbonyl (C=O) groups is 2. The van der Waals surface area contributed by atoms with Crippen molar-refractivity contribution >= 4 is 29.0 Å². The number of rotatable bonds is 9. The summed E-state index contributed by atoms with van der Waals surface area (Å²) in [5.74, 6) is -0.134. The molecule has 2 aromatic carbocycles. The quantitative estimate of drug-likeness (QED) is 0.437. The van der Waals surface area contributed by atoms with Gasteiger partial charge in [-0.2, -0.15) is 5.26 Å². The summed E-state index contributed by atoms with van der Waals surface area (Å²) < 4.78 is 5.77. The van der Waals surface area contributed by atoms with Crippen LogP contribution in [0.2, 0.25) is 0 Å². The molecule has 1 aliphatic heterocycles. The molecule has 1 unspecified atom stereocenters. The number of thiophene rings is 1. The second-order valence-electron chi connectivity index (χ2n) is 8.90. The fraction of sp³-hybridized carbons (Fsp3) is 0.321. The molecular formula is C28H30N4O3S. The van der Waals surface area contributed by atoms with E-state index in [2.05, 4.69) is 17.5 Å². The summed E-state index contributed by atoms with van der Waals surface area (Å²) in [5.41, 5.74) is 3.15. The number of carbonyl (C=O) groups excluding carboxylic acids is 2. The lowest BCUT2D eigenvalue weighted by Gasteiger charge is -2.29. The summed E-state index contributed by atoms with van der Waals surface area (Å²) in [7, 11) is 0. The van der Waals surface area contributed by atoms with E-state index in [1.807, 2.05) is 42.6 Å². The minimum Gasteiger partial charge on any atom is -0.376 e. The van der Waals surface area contributed by atoms with Crippen LogP contribution < -0.4 is 5.32 Å². The van der Waals surface area contributed by atoms with Crippen molar-refractivity contribution in [2.45, 2.75) is 39.0 Å². The number of nitriles is 1. The molecule has 0 aliphatic carbocycles. The first-order valence-electron chi connectivity index (χ1n) is 12.0. The van der Waals surface area contributed by atoms with Gasteiger partial charge < -0.3 is 19.9 Å². The molecule has 0 radical (unpaired) electrons. The lowest BCUT2D eigenvalue weighted by Crippen LogP contribution is -2.46. The lowest BCUT2D eigenvalue weighted by molar-refractivity contribution is -0.133. The molecule has 1 N–H and O–H groups in total. The van der Waals surface area contributed by atoms with Crippen LogP contribution in [0, 0.1) is 18.3 Å². The molecule has 186 valence electrons. The van der Waals surface area contributed by atoms with Gasteiger partial charge in [-0.15, -0.1) is 11.3 Å². The van der Waals surface area contributed by atoms with Crippen LogP contribution in [-0.2, 0) is 22.6 Å². The maximum Gasteiger partial charge on any atom is 0.322 e. The largest absolute Gasteiger partial charge is 0.376 e. The highest BCUT2D eigenvalue weighted by molar-refractivity contribution is 7.10. The van der Waals surface area contributed by atoms with Gasteiger partial charge in [0.1, 0.15) is 6.54 Å². The van der Waals surface area contributed by atoms with Gasteiger partial charge in [0.25, 0.3) is 0 Å². The molecule has 36 heavy (non-hydrogen) atoms. The molecular weight excluding hydrogens is 472 g/mol. The molecule has 1 aliphatic rings. The van der Waals surface area contributed by atoms with Gasteiger partial charge in [-0.1, -0.05) is 36.4 Å². The lowest BCUT2D eigenvalue weighted by atomic mass is 10.2. The molecule has 3 amide bonds. The van der Waals surface area contributed by atoms with Crippen molar-refractivity contribution in [3.8, 4) is 6.07 Å². The highest BCUT2D eigenvalue weighted by Crippen LogP contribution is 2.21. The van der Waals surface area contributed by atoms with Gasteiger partial charge in [-0.3, -0.25) is 4.79 Å². The van der Waals surface area contributed by atoms with Gasteiger partial charge in [0.05, 0.1) is 24.3 Å². The molecule has 7 nitrogen and oxygen atoms in total. The van der Waals surface area contributed by atoms with Gasteiger partial charge in [-0.05, 0) is 60.5 Å². The minimum atomic E-state index is -0.388. The molecule has 1 aromatic heterocycles. The number of anilines is 1. The first-order valence-corrected chi connectivity index (χ1v) is 12.9. The standard InChI is InChI=1S/C28H30N4O3S/c1-21-12-14-36-26(21)19-31(17-22-7-3-2-4-8-22)27(33)20-32(18-25-11-6-13-35-25)28(34)30-24-10-5-9-23(15-24)16-29/h2-5,7-10,12,14-15,25H,6,11,13,17-20H2,1H3,(H,30,34). The number of benzene rings is 2. The van der Waals surface area contributed by atoms with Crippen molar-refractivity contribution in [1.29, 1.82) is 5.26 Å². The second-order valence-corrected chi connectivity index (χ2v) is 9.90. The second kappa shape index (κ2) is 12.3. The number of hydrogen-bond acceptors (Lipinski definition) is 5. The molecule has 1 saturated heterocycles. The maximum absolute atomic E-state index is 13.7. The molecule has 0 saturated carbocycles. The first kappa shape index (κ1) is 25.4. The average Bonchev–Trinajstić information content (AvgIpc) is 3.55. The van der Waals surface area contributed by atoms with Gasteiger partial charge in [0.2, 0.25) is 5.91 Å². The fourth-order valence-electron chi connectivity index (χ4n) is 4.16. The number of nitrogens with one attached hydrogen (secondary N) is 1. The van der Waals surface area contributed by atoms with Crippen LogP contribution in [0.25, 0.3) is 0 Å². The zero-order valence-electron chi connectivity index (χ0n) is 20.4. The van der Waals surface area contributed by atoms with Gasteiger partial charge in [0.15, 0.2) is 0 Å². The van der Waals surface area contributed by atoms with Crippen molar-refractivity contribution in [3.05, 3.63) is 87.6 Å². The average molecular weight is 503 g/mol. The van der Waals surface area contributed by atoms with Gasteiger partial charge >= 0.3 is 6.03 Å². The minimum absolute atomic E-state index is 0.0686. The Morgan fingerprint density at radius 3 is 2.64 bits per heavy atom. The summed E-state index contributed by atoms with van der Waals surface area (Å²) in [6, 6.07) is 20.4. The van der Waals surface area contributed by atoms with E-state index in [0.29, 0.717) is 37.5 Å². The SMILES string of the molecule is Cc1ccsc1CN(Cc1ccccc1)C(=O)CN(CC1CCCO1)C(=O)Nc1cccc(C#N)c1. The fourth-order valence-corrected chi connectivity index (χ4v) is 5.08. The van der Waals surface area contributed by atoms with E-state index in [-0.39, 0.29) is 24.6 Å². The Labute approximate surface area is 215 Å². The van der Waals surface area contributed by atoms with Crippen molar-refractivity contribution in [2.75, 3.05) is 25.0 Å². The molecule has 4 rings (SSSR count). The number of aryl methyl sites for hydroxylation is 1. The topological polar surface area (TPSA) is 85.7 Å². The van der Waals surface area contributed by atoms with Crippen LogP contribution in [0.4, 0.5) is 10.5 Å². The predicted molar refractivity (Wildman–Crippen MR) is 140 cm³/mol. The molecule has 1 fully saturated rings. The first-order chi connectivity index (χ1) is 17.5. The molecule has 1 atom stereocenters. The summed E-state index contributed by atoms with van der Waals surface area (Å²) >= 11 is 1.63. The Kier molecular flexibility index (Phi) is 8.71. The van der Waals surface area contributed by atoms with Crippen LogP contribution in [0.5, 0.6) is 0 Å². The third-order valence-electron chi connectivity index (χ3n) is 6.18. The van der Waals surface area contributed by atoms with Crippen molar-refractivity contribution in [1.82, 2.24) is 9.80 Å². The zero-order valence-corrected chi connectivity index (χ0v) is 21.2. The predicted octanol–water partition coefficient (Wildman–Crippen LogP) is 5.17. The number of nitrogens with zero attached hydrogens (tertiary/aromatic N) is 3. The monoisotopic (exact) mass is 502 g/mol. The van der Waals surface area contributed by atoms with E-state index in [1.165, 1.54) is 4.90 Å². The maximum atomic E-state index is 13.7. The summed E-state index contributed by atoms with van der Waals surface area (Å²) in [6.07, 6.45) is 1.69. The third-order valence-corrected chi connectivity index (χ3v) is 7.18. The van der Waals surface area contributed by atoms with Gasteiger partial charge in [-0.25, -0.2) is 4.79 Å². The molecule has 0 spiro atoms.